The lowest BCUT2D eigenvalue weighted by atomic mass is 10.1. The van der Waals surface area contributed by atoms with E-state index in [4.69, 9.17) is 4.74 Å². The van der Waals surface area contributed by atoms with Crippen molar-refractivity contribution in [1.29, 1.82) is 0 Å². The normalized spacial score (nSPS) is 10.6. The van der Waals surface area contributed by atoms with E-state index in [9.17, 15) is 9.59 Å². The number of fused-ring (bicyclic) bond motifs is 1. The summed E-state index contributed by atoms with van der Waals surface area (Å²) in [4.78, 5) is 26.0. The van der Waals surface area contributed by atoms with Crippen LogP contribution in [-0.4, -0.2) is 41.5 Å². The minimum absolute atomic E-state index is 0.0610. The minimum atomic E-state index is -0.279. The van der Waals surface area contributed by atoms with Crippen LogP contribution in [0.2, 0.25) is 0 Å². The Morgan fingerprint density at radius 3 is 2.91 bits per heavy atom. The van der Waals surface area contributed by atoms with Crippen molar-refractivity contribution in [1.82, 2.24) is 10.3 Å². The van der Waals surface area contributed by atoms with Gasteiger partial charge in [-0.15, -0.1) is 11.8 Å². The van der Waals surface area contributed by atoms with Crippen LogP contribution in [0.1, 0.15) is 12.5 Å². The molecule has 0 saturated carbocycles. The summed E-state index contributed by atoms with van der Waals surface area (Å²) in [6.45, 7) is 2.72. The van der Waals surface area contributed by atoms with Gasteiger partial charge in [0.25, 0.3) is 0 Å². The van der Waals surface area contributed by atoms with Gasteiger partial charge in [0.05, 0.1) is 18.1 Å². The molecule has 1 heterocycles. The number of para-hydroxylation sites is 1. The van der Waals surface area contributed by atoms with Gasteiger partial charge in [-0.05, 0) is 25.0 Å². The van der Waals surface area contributed by atoms with Gasteiger partial charge < -0.3 is 15.0 Å². The number of nitrogens with one attached hydrogen (secondary N) is 2. The number of carbonyl (C=O) groups excluding carboxylic acids is 2. The van der Waals surface area contributed by atoms with Gasteiger partial charge in [-0.1, -0.05) is 18.2 Å². The molecule has 2 rings (SSSR count). The Morgan fingerprint density at radius 2 is 2.09 bits per heavy atom. The predicted octanol–water partition coefficient (Wildman–Crippen LogP) is 2.12. The van der Waals surface area contributed by atoms with Crippen molar-refractivity contribution in [3.8, 4) is 0 Å². The van der Waals surface area contributed by atoms with E-state index in [0.29, 0.717) is 13.2 Å². The van der Waals surface area contributed by atoms with Gasteiger partial charge in [0.15, 0.2) is 0 Å². The summed E-state index contributed by atoms with van der Waals surface area (Å²) in [5, 5.41) is 4.05. The highest BCUT2D eigenvalue weighted by atomic mass is 32.2. The average molecular weight is 320 g/mol. The van der Waals surface area contributed by atoms with Crippen LogP contribution >= 0.6 is 11.8 Å². The van der Waals surface area contributed by atoms with E-state index in [1.165, 1.54) is 22.7 Å². The van der Waals surface area contributed by atoms with E-state index < -0.39 is 0 Å². The average Bonchev–Trinajstić information content (AvgIpc) is 2.91. The molecule has 1 amide bonds. The molecule has 0 radical (unpaired) electrons. The quantitative estimate of drug-likeness (QED) is 0.731. The number of hydrogen-bond acceptors (Lipinski definition) is 4. The lowest BCUT2D eigenvalue weighted by Crippen LogP contribution is -2.27. The van der Waals surface area contributed by atoms with Gasteiger partial charge >= 0.3 is 5.97 Å². The SMILES string of the molecule is CCOC(=O)CSCC(=O)NCCc1c[nH]c2ccccc12. The predicted molar refractivity (Wildman–Crippen MR) is 89.0 cm³/mol. The van der Waals surface area contributed by atoms with Crippen molar-refractivity contribution >= 4 is 34.5 Å². The van der Waals surface area contributed by atoms with Crippen LogP contribution in [0.25, 0.3) is 10.9 Å². The number of ether oxygens (including phenoxy) is 1. The molecule has 0 fully saturated rings. The lowest BCUT2D eigenvalue weighted by Gasteiger charge is -2.05. The van der Waals surface area contributed by atoms with Crippen molar-refractivity contribution < 1.29 is 14.3 Å². The van der Waals surface area contributed by atoms with Crippen molar-refractivity contribution in [2.24, 2.45) is 0 Å². The molecule has 0 atom stereocenters. The zero-order chi connectivity index (χ0) is 15.8. The molecule has 5 nitrogen and oxygen atoms in total. The smallest absolute Gasteiger partial charge is 0.315 e. The molecule has 0 saturated heterocycles. The topological polar surface area (TPSA) is 71.2 Å². The first-order valence-corrected chi connectivity index (χ1v) is 8.41. The standard InChI is InChI=1S/C16H20N2O3S/c1-2-21-16(20)11-22-10-15(19)17-8-7-12-9-18-14-6-4-3-5-13(12)14/h3-6,9,18H,2,7-8,10-11H2,1H3,(H,17,19). The van der Waals surface area contributed by atoms with E-state index in [2.05, 4.69) is 16.4 Å². The largest absolute Gasteiger partial charge is 0.465 e. The van der Waals surface area contributed by atoms with Crippen LogP contribution in [0.5, 0.6) is 0 Å². The fourth-order valence-corrected chi connectivity index (χ4v) is 2.80. The molecule has 2 N–H and O–H groups in total. The maximum atomic E-state index is 11.7. The zero-order valence-electron chi connectivity index (χ0n) is 12.6. The van der Waals surface area contributed by atoms with Crippen molar-refractivity contribution in [3.63, 3.8) is 0 Å². The number of amides is 1. The summed E-state index contributed by atoms with van der Waals surface area (Å²) in [6, 6.07) is 8.09. The molecule has 0 aliphatic rings. The number of thioether (sulfide) groups is 1. The molecule has 1 aromatic heterocycles. The number of carbonyl (C=O) groups is 2. The van der Waals surface area contributed by atoms with Crippen LogP contribution in [-0.2, 0) is 20.7 Å². The first kappa shape index (κ1) is 16.4. The Morgan fingerprint density at radius 1 is 1.27 bits per heavy atom. The fourth-order valence-electron chi connectivity index (χ4n) is 2.16. The van der Waals surface area contributed by atoms with Crippen LogP contribution in [0, 0.1) is 0 Å². The number of benzene rings is 1. The zero-order valence-corrected chi connectivity index (χ0v) is 13.4. The van der Waals surface area contributed by atoms with Gasteiger partial charge in [-0.3, -0.25) is 9.59 Å². The second kappa shape index (κ2) is 8.48. The van der Waals surface area contributed by atoms with E-state index in [-0.39, 0.29) is 23.4 Å². The summed E-state index contributed by atoms with van der Waals surface area (Å²) in [6.07, 6.45) is 2.75. The molecule has 22 heavy (non-hydrogen) atoms. The van der Waals surface area contributed by atoms with Gasteiger partial charge in [0.2, 0.25) is 5.91 Å². The first-order chi connectivity index (χ1) is 10.7. The fraction of sp³-hybridized carbons (Fsp3) is 0.375. The van der Waals surface area contributed by atoms with Gasteiger partial charge in [-0.25, -0.2) is 0 Å². The highest BCUT2D eigenvalue weighted by Gasteiger charge is 2.07. The maximum Gasteiger partial charge on any atom is 0.315 e. The van der Waals surface area contributed by atoms with Crippen LogP contribution in [0.15, 0.2) is 30.5 Å². The minimum Gasteiger partial charge on any atom is -0.465 e. The second-order valence-electron chi connectivity index (χ2n) is 4.76. The van der Waals surface area contributed by atoms with E-state index in [1.54, 1.807) is 6.92 Å². The van der Waals surface area contributed by atoms with E-state index in [1.807, 2.05) is 24.4 Å². The van der Waals surface area contributed by atoms with Crippen LogP contribution < -0.4 is 5.32 Å². The summed E-state index contributed by atoms with van der Waals surface area (Å²) in [5.74, 6) is 0.143. The van der Waals surface area contributed by atoms with Gasteiger partial charge in [-0.2, -0.15) is 0 Å². The molecule has 6 heteroatoms. The number of H-pyrrole nitrogens is 1. The summed E-state index contributed by atoms with van der Waals surface area (Å²) in [7, 11) is 0. The molecule has 118 valence electrons. The third kappa shape index (κ3) is 4.80. The lowest BCUT2D eigenvalue weighted by molar-refractivity contribution is -0.139. The van der Waals surface area contributed by atoms with Crippen molar-refractivity contribution in [2.75, 3.05) is 24.7 Å². The third-order valence-electron chi connectivity index (χ3n) is 3.15. The molecule has 0 bridgehead atoms. The third-order valence-corrected chi connectivity index (χ3v) is 4.06. The molecule has 1 aromatic carbocycles. The van der Waals surface area contributed by atoms with Gasteiger partial charge in [0, 0.05) is 23.6 Å². The number of hydrogen-bond donors (Lipinski definition) is 2. The van der Waals surface area contributed by atoms with E-state index in [0.717, 1.165) is 11.9 Å². The molecule has 0 aliphatic carbocycles. The molecular formula is C16H20N2O3S. The monoisotopic (exact) mass is 320 g/mol. The highest BCUT2D eigenvalue weighted by molar-refractivity contribution is 8.00. The van der Waals surface area contributed by atoms with Crippen molar-refractivity contribution in [2.45, 2.75) is 13.3 Å². The van der Waals surface area contributed by atoms with E-state index >= 15 is 0 Å². The Kier molecular flexibility index (Phi) is 6.33. The molecule has 0 aliphatic heterocycles. The second-order valence-corrected chi connectivity index (χ2v) is 5.74. The Bertz CT molecular complexity index is 639. The number of esters is 1. The summed E-state index contributed by atoms with van der Waals surface area (Å²) < 4.78 is 4.80. The van der Waals surface area contributed by atoms with Crippen molar-refractivity contribution in [3.05, 3.63) is 36.0 Å². The number of aromatic amines is 1. The summed E-state index contributed by atoms with van der Waals surface area (Å²) in [5.41, 5.74) is 2.30. The molecule has 0 spiro atoms. The molecular weight excluding hydrogens is 300 g/mol. The molecule has 2 aromatic rings. The Hall–Kier alpha value is -1.95. The Balaban J connectivity index is 1.68. The first-order valence-electron chi connectivity index (χ1n) is 7.25. The maximum absolute atomic E-state index is 11.7. The van der Waals surface area contributed by atoms with Crippen LogP contribution in [0.4, 0.5) is 0 Å². The Labute approximate surface area is 133 Å². The summed E-state index contributed by atoms with van der Waals surface area (Å²) >= 11 is 1.27. The molecule has 0 unspecified atom stereocenters. The van der Waals surface area contributed by atoms with Gasteiger partial charge in [0.1, 0.15) is 0 Å². The highest BCUT2D eigenvalue weighted by Crippen LogP contribution is 2.17. The van der Waals surface area contributed by atoms with Crippen LogP contribution in [0.3, 0.4) is 0 Å². The number of aromatic nitrogens is 1. The number of rotatable bonds is 8.